The zero-order chi connectivity index (χ0) is 11.7. The number of benzene rings is 1. The number of fused-ring (bicyclic) bond motifs is 1. The Balaban J connectivity index is 2.76. The minimum atomic E-state index is 0.662. The molecule has 0 bridgehead atoms. The van der Waals surface area contributed by atoms with Crippen LogP contribution >= 0.6 is 27.5 Å². The topological polar surface area (TPSA) is 25.2 Å². The Kier molecular flexibility index (Phi) is 3.57. The summed E-state index contributed by atoms with van der Waals surface area (Å²) in [6.07, 6.45) is 0.933. The molecule has 16 heavy (non-hydrogen) atoms. The molecule has 0 spiro atoms. The Morgan fingerprint density at radius 2 is 2.19 bits per heavy atom. The van der Waals surface area contributed by atoms with Gasteiger partial charge in [-0.25, -0.2) is 0 Å². The highest BCUT2D eigenvalue weighted by Crippen LogP contribution is 2.36. The van der Waals surface area contributed by atoms with Crippen LogP contribution in [0.25, 0.3) is 11.0 Å². The fourth-order valence-electron chi connectivity index (χ4n) is 1.92. The molecule has 0 unspecified atom stereocenters. The van der Waals surface area contributed by atoms with E-state index in [4.69, 9.17) is 16.0 Å². The summed E-state index contributed by atoms with van der Waals surface area (Å²) in [7, 11) is 1.91. The molecular formula is C12H13BrClNO. The van der Waals surface area contributed by atoms with E-state index in [9.17, 15) is 0 Å². The van der Waals surface area contributed by atoms with Gasteiger partial charge in [-0.05, 0) is 25.6 Å². The Morgan fingerprint density at radius 3 is 2.81 bits per heavy atom. The maximum Gasteiger partial charge on any atom is 0.154 e. The molecule has 0 aliphatic carbocycles. The third kappa shape index (κ3) is 1.88. The molecule has 0 saturated carbocycles. The predicted octanol–water partition coefficient (Wildman–Crippen LogP) is 4.13. The first-order chi connectivity index (χ1) is 7.69. The van der Waals surface area contributed by atoms with Crippen molar-refractivity contribution in [3.05, 3.63) is 33.0 Å². The quantitative estimate of drug-likeness (QED) is 0.922. The first-order valence-corrected chi connectivity index (χ1v) is 6.39. The van der Waals surface area contributed by atoms with E-state index in [1.807, 2.05) is 19.2 Å². The van der Waals surface area contributed by atoms with Crippen LogP contribution in [-0.2, 0) is 13.0 Å². The Labute approximate surface area is 108 Å². The zero-order valence-corrected chi connectivity index (χ0v) is 11.6. The van der Waals surface area contributed by atoms with Crippen molar-refractivity contribution in [1.82, 2.24) is 5.32 Å². The van der Waals surface area contributed by atoms with Gasteiger partial charge in [0.2, 0.25) is 0 Å². The van der Waals surface area contributed by atoms with Gasteiger partial charge in [0.15, 0.2) is 5.58 Å². The van der Waals surface area contributed by atoms with Crippen LogP contribution in [0.1, 0.15) is 18.2 Å². The average molecular weight is 303 g/mol. The first-order valence-electron chi connectivity index (χ1n) is 5.21. The zero-order valence-electron chi connectivity index (χ0n) is 9.23. The van der Waals surface area contributed by atoms with Gasteiger partial charge in [-0.1, -0.05) is 34.5 Å². The fraction of sp³-hybridized carbons (Fsp3) is 0.333. The van der Waals surface area contributed by atoms with Gasteiger partial charge in [0.1, 0.15) is 5.76 Å². The Hall–Kier alpha value is -0.510. The van der Waals surface area contributed by atoms with Crippen molar-refractivity contribution in [3.63, 3.8) is 0 Å². The summed E-state index contributed by atoms with van der Waals surface area (Å²) < 4.78 is 6.85. The van der Waals surface area contributed by atoms with Gasteiger partial charge in [0.05, 0.1) is 11.6 Å². The number of hydrogen-bond donors (Lipinski definition) is 1. The van der Waals surface area contributed by atoms with Crippen LogP contribution in [0.3, 0.4) is 0 Å². The van der Waals surface area contributed by atoms with Crippen LogP contribution < -0.4 is 5.32 Å². The number of halogens is 2. The second-order valence-electron chi connectivity index (χ2n) is 3.62. The molecule has 1 N–H and O–H groups in total. The Bertz CT molecular complexity index is 521. The lowest BCUT2D eigenvalue weighted by molar-refractivity contribution is 0.525. The second-order valence-corrected chi connectivity index (χ2v) is 4.88. The number of hydrogen-bond acceptors (Lipinski definition) is 2. The van der Waals surface area contributed by atoms with Crippen molar-refractivity contribution in [3.8, 4) is 0 Å². The van der Waals surface area contributed by atoms with Crippen molar-refractivity contribution >= 4 is 38.5 Å². The molecule has 0 amide bonds. The molecule has 0 saturated heterocycles. The Morgan fingerprint density at radius 1 is 1.44 bits per heavy atom. The van der Waals surface area contributed by atoms with E-state index in [0.717, 1.165) is 34.2 Å². The molecule has 1 heterocycles. The minimum absolute atomic E-state index is 0.662. The lowest BCUT2D eigenvalue weighted by Crippen LogP contribution is -2.05. The lowest BCUT2D eigenvalue weighted by atomic mass is 10.1. The van der Waals surface area contributed by atoms with Crippen LogP contribution in [0, 0.1) is 0 Å². The summed E-state index contributed by atoms with van der Waals surface area (Å²) in [5.74, 6) is 0.966. The molecule has 1 aromatic carbocycles. The fourth-order valence-corrected chi connectivity index (χ4v) is 2.66. The third-order valence-corrected chi connectivity index (χ3v) is 3.57. The molecule has 0 atom stereocenters. The van der Waals surface area contributed by atoms with Crippen molar-refractivity contribution in [2.45, 2.75) is 19.9 Å². The molecule has 0 aliphatic rings. The van der Waals surface area contributed by atoms with Crippen LogP contribution in [0.2, 0.25) is 5.02 Å². The van der Waals surface area contributed by atoms with Crippen molar-refractivity contribution in [2.24, 2.45) is 0 Å². The number of aryl methyl sites for hydroxylation is 1. The van der Waals surface area contributed by atoms with Gasteiger partial charge in [-0.3, -0.25) is 0 Å². The first kappa shape index (κ1) is 12.0. The van der Waals surface area contributed by atoms with Crippen LogP contribution in [0.15, 0.2) is 21.0 Å². The average Bonchev–Trinajstić information content (AvgIpc) is 2.64. The molecule has 0 radical (unpaired) electrons. The van der Waals surface area contributed by atoms with E-state index in [-0.39, 0.29) is 0 Å². The summed E-state index contributed by atoms with van der Waals surface area (Å²) in [5.41, 5.74) is 2.00. The van der Waals surface area contributed by atoms with Gasteiger partial charge in [0, 0.05) is 15.4 Å². The van der Waals surface area contributed by atoms with E-state index in [1.165, 1.54) is 5.56 Å². The van der Waals surface area contributed by atoms with E-state index < -0.39 is 0 Å². The molecule has 1 aromatic heterocycles. The third-order valence-electron chi connectivity index (χ3n) is 2.61. The van der Waals surface area contributed by atoms with Gasteiger partial charge >= 0.3 is 0 Å². The van der Waals surface area contributed by atoms with Gasteiger partial charge < -0.3 is 9.73 Å². The lowest BCUT2D eigenvalue weighted by Gasteiger charge is -1.99. The number of nitrogens with one attached hydrogen (secondary N) is 1. The monoisotopic (exact) mass is 301 g/mol. The molecule has 4 heteroatoms. The molecule has 0 fully saturated rings. The SMILES string of the molecule is CCc1c(CNC)oc2c(Cl)ccc(Br)c12. The van der Waals surface area contributed by atoms with Crippen molar-refractivity contribution in [1.29, 1.82) is 0 Å². The molecule has 2 rings (SSSR count). The summed E-state index contributed by atoms with van der Waals surface area (Å²) in [4.78, 5) is 0. The normalized spacial score (nSPS) is 11.2. The van der Waals surface area contributed by atoms with E-state index in [0.29, 0.717) is 5.02 Å². The van der Waals surface area contributed by atoms with Gasteiger partial charge in [0.25, 0.3) is 0 Å². The standard InChI is InChI=1S/C12H13BrClNO/c1-3-7-10(6-15-2)16-12-9(14)5-4-8(13)11(7)12/h4-5,15H,3,6H2,1-2H3. The summed E-state index contributed by atoms with van der Waals surface area (Å²) in [6.45, 7) is 2.84. The van der Waals surface area contributed by atoms with Gasteiger partial charge in [-0.15, -0.1) is 0 Å². The highest BCUT2D eigenvalue weighted by Gasteiger charge is 2.16. The molecule has 86 valence electrons. The van der Waals surface area contributed by atoms with Crippen LogP contribution in [0.5, 0.6) is 0 Å². The van der Waals surface area contributed by atoms with E-state index in [1.54, 1.807) is 0 Å². The highest BCUT2D eigenvalue weighted by molar-refractivity contribution is 9.10. The van der Waals surface area contributed by atoms with Crippen molar-refractivity contribution in [2.75, 3.05) is 7.05 Å². The van der Waals surface area contributed by atoms with Gasteiger partial charge in [-0.2, -0.15) is 0 Å². The van der Waals surface area contributed by atoms with Crippen LogP contribution in [0.4, 0.5) is 0 Å². The molecule has 2 aromatic rings. The highest BCUT2D eigenvalue weighted by atomic mass is 79.9. The largest absolute Gasteiger partial charge is 0.458 e. The van der Waals surface area contributed by atoms with E-state index >= 15 is 0 Å². The maximum atomic E-state index is 6.14. The molecular weight excluding hydrogens is 289 g/mol. The summed E-state index contributed by atoms with van der Waals surface area (Å²) in [6, 6.07) is 3.81. The minimum Gasteiger partial charge on any atom is -0.458 e. The smallest absolute Gasteiger partial charge is 0.154 e. The predicted molar refractivity (Wildman–Crippen MR) is 71.1 cm³/mol. The van der Waals surface area contributed by atoms with Crippen LogP contribution in [-0.4, -0.2) is 7.05 Å². The maximum absolute atomic E-state index is 6.14. The van der Waals surface area contributed by atoms with E-state index in [2.05, 4.69) is 28.2 Å². The summed E-state index contributed by atoms with van der Waals surface area (Å²) >= 11 is 9.68. The second kappa shape index (κ2) is 4.78. The number of furan rings is 1. The summed E-state index contributed by atoms with van der Waals surface area (Å²) in [5, 5.41) is 4.87. The molecule has 0 aliphatic heterocycles. The van der Waals surface area contributed by atoms with Crippen molar-refractivity contribution < 1.29 is 4.42 Å². The molecule has 2 nitrogen and oxygen atoms in total. The number of rotatable bonds is 3.